The zero-order valence-electron chi connectivity index (χ0n) is 7.91. The van der Waals surface area contributed by atoms with Crippen LogP contribution >= 0.6 is 46.3 Å². The number of aliphatic imine (C=N–C) groups is 1. The fraction of sp³-hybridized carbons (Fsp3) is 0. The number of para-hydroxylation sites is 1. The molecular formula is C11H5Cl2NS2. The molecule has 1 aromatic carbocycles. The van der Waals surface area contributed by atoms with Gasteiger partial charge in [-0.1, -0.05) is 47.1 Å². The van der Waals surface area contributed by atoms with Crippen LogP contribution in [0.1, 0.15) is 5.56 Å². The zero-order chi connectivity index (χ0) is 11.1. The molecule has 16 heavy (non-hydrogen) atoms. The Morgan fingerprint density at radius 2 is 1.94 bits per heavy atom. The maximum atomic E-state index is 6.18. The fourth-order valence-electron chi connectivity index (χ4n) is 1.47. The van der Waals surface area contributed by atoms with Gasteiger partial charge in [0.25, 0.3) is 0 Å². The topological polar surface area (TPSA) is 12.4 Å². The summed E-state index contributed by atoms with van der Waals surface area (Å²) in [4.78, 5) is 6.49. The smallest absolute Gasteiger partial charge is 0.139 e. The van der Waals surface area contributed by atoms with E-state index in [0.717, 1.165) is 25.4 Å². The van der Waals surface area contributed by atoms with Gasteiger partial charge in [-0.2, -0.15) is 0 Å². The molecule has 1 aromatic heterocycles. The monoisotopic (exact) mass is 285 g/mol. The van der Waals surface area contributed by atoms with Crippen LogP contribution in [0.3, 0.4) is 0 Å². The average Bonchev–Trinajstić information content (AvgIpc) is 2.57. The second kappa shape index (κ2) is 4.08. The summed E-state index contributed by atoms with van der Waals surface area (Å²) >= 11 is 15.4. The van der Waals surface area contributed by atoms with Gasteiger partial charge in [-0.05, 0) is 12.1 Å². The summed E-state index contributed by atoms with van der Waals surface area (Å²) in [5.74, 6) is 0. The molecule has 3 rings (SSSR count). The van der Waals surface area contributed by atoms with Gasteiger partial charge in [0.15, 0.2) is 0 Å². The number of rotatable bonds is 0. The summed E-state index contributed by atoms with van der Waals surface area (Å²) < 4.78 is 0.769. The molecule has 2 aromatic rings. The minimum atomic E-state index is 0.510. The van der Waals surface area contributed by atoms with Crippen molar-refractivity contribution in [3.8, 4) is 0 Å². The molecule has 5 heteroatoms. The summed E-state index contributed by atoms with van der Waals surface area (Å²) in [6.45, 7) is 0. The molecule has 1 nitrogen and oxygen atoms in total. The van der Waals surface area contributed by atoms with Gasteiger partial charge >= 0.3 is 0 Å². The molecule has 0 saturated heterocycles. The number of hydrogen-bond donors (Lipinski definition) is 0. The van der Waals surface area contributed by atoms with Crippen LogP contribution in [-0.2, 0) is 0 Å². The Hall–Kier alpha value is -0.480. The lowest BCUT2D eigenvalue weighted by atomic mass is 10.3. The van der Waals surface area contributed by atoms with E-state index in [4.69, 9.17) is 23.2 Å². The Labute approximate surface area is 111 Å². The van der Waals surface area contributed by atoms with Crippen LogP contribution in [0.2, 0.25) is 4.34 Å². The summed E-state index contributed by atoms with van der Waals surface area (Å²) in [7, 11) is 0. The van der Waals surface area contributed by atoms with Crippen molar-refractivity contribution in [1.29, 1.82) is 0 Å². The molecule has 0 fully saturated rings. The Balaban J connectivity index is 2.26. The first kappa shape index (κ1) is 10.7. The molecule has 80 valence electrons. The van der Waals surface area contributed by atoms with Crippen molar-refractivity contribution in [1.82, 2.24) is 0 Å². The molecule has 0 amide bonds. The molecule has 1 aliphatic heterocycles. The lowest BCUT2D eigenvalue weighted by Crippen LogP contribution is -1.87. The predicted molar refractivity (Wildman–Crippen MR) is 71.9 cm³/mol. The highest BCUT2D eigenvalue weighted by Crippen LogP contribution is 2.46. The molecule has 0 unspecified atom stereocenters. The SMILES string of the molecule is ClC1=Nc2ccccc2Sc2c1csc2Cl. The Kier molecular flexibility index (Phi) is 2.72. The van der Waals surface area contributed by atoms with E-state index in [-0.39, 0.29) is 0 Å². The third kappa shape index (κ3) is 1.68. The summed E-state index contributed by atoms with van der Waals surface area (Å²) in [5.41, 5.74) is 1.83. The maximum absolute atomic E-state index is 6.18. The van der Waals surface area contributed by atoms with Crippen molar-refractivity contribution in [3.63, 3.8) is 0 Å². The number of thiophene rings is 1. The standard InChI is InChI=1S/C11H5Cl2NS2/c12-10-6-5-15-11(13)9(6)16-8-4-2-1-3-7(8)14-10/h1-5H. The second-order valence-electron chi connectivity index (χ2n) is 3.22. The molecule has 0 N–H and O–H groups in total. The first-order valence-electron chi connectivity index (χ1n) is 4.54. The normalized spacial score (nSPS) is 13.8. The Morgan fingerprint density at radius 3 is 2.81 bits per heavy atom. The quantitative estimate of drug-likeness (QED) is 0.649. The molecule has 0 aliphatic carbocycles. The second-order valence-corrected chi connectivity index (χ2v) is 6.12. The highest BCUT2D eigenvalue weighted by Gasteiger charge is 2.19. The minimum absolute atomic E-state index is 0.510. The van der Waals surface area contributed by atoms with E-state index >= 15 is 0 Å². The van der Waals surface area contributed by atoms with Crippen LogP contribution < -0.4 is 0 Å². The number of nitrogens with zero attached hydrogens (tertiary/aromatic N) is 1. The summed E-state index contributed by atoms with van der Waals surface area (Å²) in [6, 6.07) is 7.92. The number of halogens is 2. The van der Waals surface area contributed by atoms with E-state index in [1.54, 1.807) is 11.8 Å². The van der Waals surface area contributed by atoms with E-state index < -0.39 is 0 Å². The van der Waals surface area contributed by atoms with Crippen LogP contribution in [0, 0.1) is 0 Å². The average molecular weight is 286 g/mol. The largest absolute Gasteiger partial charge is 0.235 e. The Bertz CT molecular complexity index is 589. The highest BCUT2D eigenvalue weighted by atomic mass is 35.5. The lowest BCUT2D eigenvalue weighted by molar-refractivity contribution is 1.39. The van der Waals surface area contributed by atoms with Gasteiger partial charge < -0.3 is 0 Å². The molecule has 0 atom stereocenters. The van der Waals surface area contributed by atoms with Crippen LogP contribution in [0.5, 0.6) is 0 Å². The molecule has 0 radical (unpaired) electrons. The Morgan fingerprint density at radius 1 is 1.12 bits per heavy atom. The van der Waals surface area contributed by atoms with Crippen LogP contribution in [-0.4, -0.2) is 5.17 Å². The van der Waals surface area contributed by atoms with E-state index in [1.165, 1.54) is 11.3 Å². The van der Waals surface area contributed by atoms with Crippen LogP contribution in [0.15, 0.2) is 44.4 Å². The van der Waals surface area contributed by atoms with Gasteiger partial charge in [0.2, 0.25) is 0 Å². The molecule has 1 aliphatic rings. The lowest BCUT2D eigenvalue weighted by Gasteiger charge is -2.01. The fourth-order valence-corrected chi connectivity index (χ4v) is 4.13. The van der Waals surface area contributed by atoms with Gasteiger partial charge in [-0.3, -0.25) is 0 Å². The maximum Gasteiger partial charge on any atom is 0.139 e. The van der Waals surface area contributed by atoms with E-state index in [2.05, 4.69) is 4.99 Å². The molecule has 0 spiro atoms. The first-order valence-corrected chi connectivity index (χ1v) is 6.99. The van der Waals surface area contributed by atoms with Crippen molar-refractivity contribution in [2.75, 3.05) is 0 Å². The summed E-state index contributed by atoms with van der Waals surface area (Å²) in [6.07, 6.45) is 0. The van der Waals surface area contributed by atoms with Crippen molar-refractivity contribution in [2.24, 2.45) is 4.99 Å². The van der Waals surface area contributed by atoms with Gasteiger partial charge in [-0.15, -0.1) is 11.3 Å². The van der Waals surface area contributed by atoms with E-state index in [1.807, 2.05) is 29.6 Å². The zero-order valence-corrected chi connectivity index (χ0v) is 11.1. The highest BCUT2D eigenvalue weighted by molar-refractivity contribution is 7.99. The summed E-state index contributed by atoms with van der Waals surface area (Å²) in [5, 5.41) is 2.46. The number of hydrogen-bond acceptors (Lipinski definition) is 3. The molecule has 0 saturated carbocycles. The van der Waals surface area contributed by atoms with Gasteiger partial charge in [0, 0.05) is 15.8 Å². The number of benzene rings is 1. The van der Waals surface area contributed by atoms with Crippen molar-refractivity contribution >= 4 is 57.2 Å². The van der Waals surface area contributed by atoms with Gasteiger partial charge in [-0.25, -0.2) is 4.99 Å². The molecule has 2 heterocycles. The minimum Gasteiger partial charge on any atom is -0.235 e. The van der Waals surface area contributed by atoms with E-state index in [9.17, 15) is 0 Å². The van der Waals surface area contributed by atoms with Crippen LogP contribution in [0.25, 0.3) is 0 Å². The number of fused-ring (bicyclic) bond motifs is 2. The van der Waals surface area contributed by atoms with Crippen LogP contribution in [0.4, 0.5) is 5.69 Å². The molecular weight excluding hydrogens is 281 g/mol. The third-order valence-corrected chi connectivity index (χ3v) is 5.17. The van der Waals surface area contributed by atoms with E-state index in [0.29, 0.717) is 5.17 Å². The molecule has 0 bridgehead atoms. The van der Waals surface area contributed by atoms with Gasteiger partial charge in [0.05, 0.1) is 10.6 Å². The third-order valence-electron chi connectivity index (χ3n) is 2.22. The van der Waals surface area contributed by atoms with Crippen molar-refractivity contribution < 1.29 is 0 Å². The van der Waals surface area contributed by atoms with Crippen molar-refractivity contribution in [2.45, 2.75) is 9.79 Å². The van der Waals surface area contributed by atoms with Crippen molar-refractivity contribution in [3.05, 3.63) is 39.5 Å². The van der Waals surface area contributed by atoms with Gasteiger partial charge in [0.1, 0.15) is 9.51 Å². The first-order chi connectivity index (χ1) is 7.75. The predicted octanol–water partition coefficient (Wildman–Crippen LogP) is 5.18.